The van der Waals surface area contributed by atoms with Crippen LogP contribution in [0.1, 0.15) is 44.0 Å². The molecule has 1 saturated carbocycles. The Hall–Kier alpha value is -3.26. The molecule has 1 amide bonds. The number of amides is 1. The first-order valence-electron chi connectivity index (χ1n) is 11.6. The molecule has 0 saturated heterocycles. The van der Waals surface area contributed by atoms with Crippen LogP contribution in [0.15, 0.2) is 42.9 Å². The van der Waals surface area contributed by atoms with Crippen LogP contribution < -0.4 is 10.2 Å². The van der Waals surface area contributed by atoms with Crippen LogP contribution in [0, 0.1) is 18.8 Å². The summed E-state index contributed by atoms with van der Waals surface area (Å²) in [4.78, 5) is 23.9. The molecule has 1 aliphatic heterocycles. The number of aliphatic hydroxyl groups excluding tert-OH is 1. The van der Waals surface area contributed by atoms with Gasteiger partial charge >= 0.3 is 0 Å². The van der Waals surface area contributed by atoms with E-state index < -0.39 is 0 Å². The molecule has 0 unspecified atom stereocenters. The Bertz CT molecular complexity index is 1170. The molecule has 0 radical (unpaired) electrons. The highest BCUT2D eigenvalue weighted by Crippen LogP contribution is 2.50. The summed E-state index contributed by atoms with van der Waals surface area (Å²) in [6.07, 6.45) is 7.83. The van der Waals surface area contributed by atoms with Crippen molar-refractivity contribution in [1.29, 1.82) is 0 Å². The molecule has 2 aromatic heterocycles. The summed E-state index contributed by atoms with van der Waals surface area (Å²) in [5.74, 6) is 1.39. The highest BCUT2D eigenvalue weighted by molar-refractivity contribution is 5.94. The minimum absolute atomic E-state index is 0.0320. The van der Waals surface area contributed by atoms with Crippen molar-refractivity contribution in [2.45, 2.75) is 52.2 Å². The molecule has 8 nitrogen and oxygen atoms in total. The fourth-order valence-electron chi connectivity index (χ4n) is 5.14. The second-order valence-corrected chi connectivity index (χ2v) is 9.21. The molecule has 1 aliphatic carbocycles. The smallest absolute Gasteiger partial charge is 0.224 e. The van der Waals surface area contributed by atoms with Gasteiger partial charge in [0, 0.05) is 48.2 Å². The number of fused-ring (bicyclic) bond motifs is 1. The van der Waals surface area contributed by atoms with E-state index in [1.54, 1.807) is 17.8 Å². The number of nitrogens with one attached hydrogen (secondary N) is 1. The molecule has 0 spiro atoms. The second kappa shape index (κ2) is 8.59. The van der Waals surface area contributed by atoms with Crippen LogP contribution in [0.2, 0.25) is 0 Å². The molecule has 3 atom stereocenters. The van der Waals surface area contributed by atoms with Crippen molar-refractivity contribution in [3.05, 3.63) is 54.1 Å². The lowest BCUT2D eigenvalue weighted by atomic mass is 9.79. The van der Waals surface area contributed by atoms with E-state index in [1.165, 1.54) is 0 Å². The first-order valence-corrected chi connectivity index (χ1v) is 11.6. The zero-order valence-corrected chi connectivity index (χ0v) is 19.3. The van der Waals surface area contributed by atoms with Crippen molar-refractivity contribution >= 4 is 17.5 Å². The van der Waals surface area contributed by atoms with Gasteiger partial charge in [-0.1, -0.05) is 13.0 Å². The monoisotopic (exact) mass is 446 g/mol. The molecule has 2 aliphatic rings. The number of carbonyl (C=O) groups is 1. The molecule has 172 valence electrons. The van der Waals surface area contributed by atoms with Gasteiger partial charge in [0.15, 0.2) is 0 Å². The Kier molecular flexibility index (Phi) is 5.62. The Labute approximate surface area is 193 Å². The molecular formula is C25H30N6O2. The Balaban J connectivity index is 1.60. The summed E-state index contributed by atoms with van der Waals surface area (Å²) >= 11 is 0. The first-order chi connectivity index (χ1) is 16.0. The van der Waals surface area contributed by atoms with Gasteiger partial charge in [0.25, 0.3) is 0 Å². The number of rotatable bonds is 6. The lowest BCUT2D eigenvalue weighted by molar-refractivity contribution is -0.117. The Morgan fingerprint density at radius 3 is 2.76 bits per heavy atom. The number of hydrogen-bond donors (Lipinski definition) is 2. The van der Waals surface area contributed by atoms with E-state index in [2.05, 4.69) is 45.5 Å². The average molecular weight is 447 g/mol. The Morgan fingerprint density at radius 2 is 2.06 bits per heavy atom. The molecule has 5 rings (SSSR count). The van der Waals surface area contributed by atoms with Crippen LogP contribution in [0.4, 0.5) is 11.6 Å². The van der Waals surface area contributed by atoms with Crippen LogP contribution in [0.5, 0.6) is 0 Å². The summed E-state index contributed by atoms with van der Waals surface area (Å²) in [6, 6.07) is 8.26. The van der Waals surface area contributed by atoms with Gasteiger partial charge < -0.3 is 15.3 Å². The number of carbonyl (C=O) groups excluding carboxylic acids is 1. The zero-order valence-electron chi connectivity index (χ0n) is 19.3. The lowest BCUT2D eigenvalue weighted by Crippen LogP contribution is -2.51. The van der Waals surface area contributed by atoms with Gasteiger partial charge in [0.05, 0.1) is 25.4 Å². The maximum atomic E-state index is 12.8. The van der Waals surface area contributed by atoms with Crippen LogP contribution >= 0.6 is 0 Å². The van der Waals surface area contributed by atoms with Crippen LogP contribution in [-0.2, 0) is 11.3 Å². The third-order valence-electron chi connectivity index (χ3n) is 6.80. The molecule has 1 fully saturated rings. The summed E-state index contributed by atoms with van der Waals surface area (Å²) in [6.45, 7) is 6.34. The lowest BCUT2D eigenvalue weighted by Gasteiger charge is -2.45. The minimum atomic E-state index is -0.0320. The number of aliphatic hydroxyl groups is 1. The van der Waals surface area contributed by atoms with Crippen LogP contribution in [0.3, 0.4) is 0 Å². The van der Waals surface area contributed by atoms with Gasteiger partial charge in [-0.25, -0.2) is 9.97 Å². The molecular weight excluding hydrogens is 416 g/mol. The number of benzene rings is 1. The van der Waals surface area contributed by atoms with Gasteiger partial charge in [-0.05, 0) is 55.0 Å². The zero-order chi connectivity index (χ0) is 23.1. The predicted molar refractivity (Wildman–Crippen MR) is 127 cm³/mol. The number of nitrogens with zero attached hydrogens (tertiary/aromatic N) is 5. The topological polar surface area (TPSA) is 96.2 Å². The number of hydrogen-bond acceptors (Lipinski definition) is 6. The average Bonchev–Trinajstić information content (AvgIpc) is 3.52. The molecule has 8 heteroatoms. The van der Waals surface area contributed by atoms with Crippen molar-refractivity contribution in [2.24, 2.45) is 11.8 Å². The number of aromatic nitrogens is 4. The summed E-state index contributed by atoms with van der Waals surface area (Å²) in [7, 11) is 0. The highest BCUT2D eigenvalue weighted by atomic mass is 16.3. The summed E-state index contributed by atoms with van der Waals surface area (Å²) in [5, 5.41) is 17.2. The third kappa shape index (κ3) is 4.11. The fraction of sp³-hybridized carbons (Fsp3) is 0.440. The SMILES string of the molecule is CC(=O)N1c2ccc(-c3cnn(CCO)c3)cc2[C@H](Nc2nccc(C)n2)[C@@H](C)[C@@H]1C1CC1. The highest BCUT2D eigenvalue weighted by Gasteiger charge is 2.47. The van der Waals surface area contributed by atoms with E-state index >= 15 is 0 Å². The number of aryl methyl sites for hydroxylation is 1. The van der Waals surface area contributed by atoms with Crippen molar-refractivity contribution in [2.75, 3.05) is 16.8 Å². The van der Waals surface area contributed by atoms with Gasteiger partial charge in [-0.3, -0.25) is 9.48 Å². The predicted octanol–water partition coefficient (Wildman–Crippen LogP) is 3.58. The van der Waals surface area contributed by atoms with E-state index in [-0.39, 0.29) is 30.5 Å². The number of anilines is 2. The quantitative estimate of drug-likeness (QED) is 0.601. The maximum absolute atomic E-state index is 12.8. The van der Waals surface area contributed by atoms with Gasteiger partial charge in [-0.2, -0.15) is 5.10 Å². The fourth-order valence-corrected chi connectivity index (χ4v) is 5.14. The van der Waals surface area contributed by atoms with E-state index in [1.807, 2.05) is 30.3 Å². The van der Waals surface area contributed by atoms with Crippen molar-refractivity contribution in [3.63, 3.8) is 0 Å². The van der Waals surface area contributed by atoms with Crippen LogP contribution in [0.25, 0.3) is 11.1 Å². The normalized spacial score (nSPS) is 22.2. The van der Waals surface area contributed by atoms with E-state index in [4.69, 9.17) is 0 Å². The standard InChI is InChI=1S/C25H30N6O2/c1-15-8-9-26-25(28-15)29-23-16(2)24(18-4-5-18)31(17(3)33)22-7-6-19(12-21(22)23)20-13-27-30(14-20)10-11-32/h6-9,12-14,16,18,23-24,32H,4-5,10-11H2,1-3H3,(H,26,28,29)/t16-,23-,24-/m1/s1. The molecule has 2 N–H and O–H groups in total. The molecule has 0 bridgehead atoms. The third-order valence-corrected chi connectivity index (χ3v) is 6.80. The first kappa shape index (κ1) is 21.6. The minimum Gasteiger partial charge on any atom is -0.394 e. The largest absolute Gasteiger partial charge is 0.394 e. The summed E-state index contributed by atoms with van der Waals surface area (Å²) < 4.78 is 1.73. The maximum Gasteiger partial charge on any atom is 0.224 e. The second-order valence-electron chi connectivity index (χ2n) is 9.21. The van der Waals surface area contributed by atoms with Gasteiger partial charge in [-0.15, -0.1) is 0 Å². The molecule has 33 heavy (non-hydrogen) atoms. The molecule has 3 aromatic rings. The van der Waals surface area contributed by atoms with E-state index in [9.17, 15) is 9.90 Å². The van der Waals surface area contributed by atoms with Crippen molar-refractivity contribution in [1.82, 2.24) is 19.7 Å². The van der Waals surface area contributed by atoms with E-state index in [0.717, 1.165) is 40.9 Å². The van der Waals surface area contributed by atoms with Crippen molar-refractivity contribution < 1.29 is 9.90 Å². The van der Waals surface area contributed by atoms with Gasteiger partial charge in [0.1, 0.15) is 0 Å². The van der Waals surface area contributed by atoms with E-state index in [0.29, 0.717) is 18.4 Å². The molecule has 3 heterocycles. The van der Waals surface area contributed by atoms with Crippen LogP contribution in [-0.4, -0.2) is 43.4 Å². The molecule has 1 aromatic carbocycles. The summed E-state index contributed by atoms with van der Waals surface area (Å²) in [5.41, 5.74) is 4.92. The van der Waals surface area contributed by atoms with Gasteiger partial charge in [0.2, 0.25) is 11.9 Å². The van der Waals surface area contributed by atoms with Crippen molar-refractivity contribution in [3.8, 4) is 11.1 Å². The Morgan fingerprint density at radius 1 is 1.24 bits per heavy atom.